The number of alkyl halides is 3. The molecule has 3 rings (SSSR count). The number of sulfone groups is 1. The molecule has 0 radical (unpaired) electrons. The molecule has 3 aromatic rings. The average Bonchev–Trinajstić information content (AvgIpc) is 3.00. The number of benzene rings is 2. The minimum absolute atomic E-state index is 0.0439. The van der Waals surface area contributed by atoms with E-state index < -0.39 is 27.5 Å². The Balaban J connectivity index is 2.08. The molecule has 1 aromatic heterocycles. The largest absolute Gasteiger partial charge is 0.435 e. The van der Waals surface area contributed by atoms with Crippen LogP contribution in [0.5, 0.6) is 0 Å². The van der Waals surface area contributed by atoms with Crippen molar-refractivity contribution in [1.29, 1.82) is 0 Å². The molecule has 0 spiro atoms. The number of rotatable bonds is 4. The van der Waals surface area contributed by atoms with Crippen molar-refractivity contribution < 1.29 is 26.0 Å². The van der Waals surface area contributed by atoms with Gasteiger partial charge in [0.1, 0.15) is 5.82 Å². The molecular formula is C18H14F4N2O2S. The summed E-state index contributed by atoms with van der Waals surface area (Å²) in [6.45, 7) is -0.202. The molecule has 0 bridgehead atoms. The molecule has 0 fully saturated rings. The fourth-order valence-corrected chi connectivity index (χ4v) is 3.20. The van der Waals surface area contributed by atoms with Gasteiger partial charge in [-0.1, -0.05) is 30.3 Å². The van der Waals surface area contributed by atoms with Gasteiger partial charge in [0.2, 0.25) is 0 Å². The Morgan fingerprint density at radius 2 is 1.67 bits per heavy atom. The highest BCUT2D eigenvalue weighted by Crippen LogP contribution is 2.32. The third kappa shape index (κ3) is 4.19. The van der Waals surface area contributed by atoms with Gasteiger partial charge in [0.15, 0.2) is 15.5 Å². The first-order chi connectivity index (χ1) is 12.6. The Bertz CT molecular complexity index is 1070. The molecule has 27 heavy (non-hydrogen) atoms. The van der Waals surface area contributed by atoms with E-state index in [0.717, 1.165) is 17.0 Å². The van der Waals surface area contributed by atoms with Crippen LogP contribution in [0.3, 0.4) is 0 Å². The van der Waals surface area contributed by atoms with Crippen molar-refractivity contribution in [1.82, 2.24) is 9.78 Å². The molecule has 0 atom stereocenters. The Kier molecular flexibility index (Phi) is 4.81. The highest BCUT2D eigenvalue weighted by atomic mass is 32.2. The predicted molar refractivity (Wildman–Crippen MR) is 91.3 cm³/mol. The molecule has 0 aliphatic heterocycles. The van der Waals surface area contributed by atoms with Crippen molar-refractivity contribution in [2.45, 2.75) is 17.6 Å². The lowest BCUT2D eigenvalue weighted by Crippen LogP contribution is -2.09. The smallest absolute Gasteiger partial charge is 0.260 e. The van der Waals surface area contributed by atoms with E-state index in [4.69, 9.17) is 0 Å². The summed E-state index contributed by atoms with van der Waals surface area (Å²) in [6.07, 6.45) is -3.63. The standard InChI is InChI=1S/C18H14F4N2O2S/c1-27(25,26)14-8-6-12(7-9-14)16-10-17(18(20,21)22)23-24(16)11-13-4-2-3-5-15(13)19/h2-10H,11H2,1H3. The summed E-state index contributed by atoms with van der Waals surface area (Å²) in [5, 5.41) is 3.57. The molecule has 9 heteroatoms. The minimum Gasteiger partial charge on any atom is -0.260 e. The summed E-state index contributed by atoms with van der Waals surface area (Å²) in [4.78, 5) is 0.0439. The van der Waals surface area contributed by atoms with Gasteiger partial charge in [0, 0.05) is 11.8 Å². The molecule has 0 aliphatic rings. The zero-order valence-electron chi connectivity index (χ0n) is 14.0. The minimum atomic E-state index is -4.66. The number of nitrogens with zero attached hydrogens (tertiary/aromatic N) is 2. The average molecular weight is 398 g/mol. The molecule has 2 aromatic carbocycles. The predicted octanol–water partition coefficient (Wildman–Crippen LogP) is 4.16. The van der Waals surface area contributed by atoms with E-state index in [2.05, 4.69) is 5.10 Å². The van der Waals surface area contributed by atoms with Crippen LogP contribution in [0.25, 0.3) is 11.3 Å². The third-order valence-corrected chi connectivity index (χ3v) is 5.06. The normalized spacial score (nSPS) is 12.3. The quantitative estimate of drug-likeness (QED) is 0.620. The van der Waals surface area contributed by atoms with Crippen LogP contribution in [0.1, 0.15) is 11.3 Å². The monoisotopic (exact) mass is 398 g/mol. The molecule has 0 saturated carbocycles. The highest BCUT2D eigenvalue weighted by molar-refractivity contribution is 7.90. The summed E-state index contributed by atoms with van der Waals surface area (Å²) in [5.41, 5.74) is -0.489. The Hall–Kier alpha value is -2.68. The Morgan fingerprint density at radius 3 is 2.22 bits per heavy atom. The van der Waals surface area contributed by atoms with Crippen LogP contribution in [0, 0.1) is 5.82 Å². The van der Waals surface area contributed by atoms with Gasteiger partial charge in [-0.2, -0.15) is 18.3 Å². The maximum atomic E-state index is 13.9. The zero-order chi connectivity index (χ0) is 19.8. The van der Waals surface area contributed by atoms with Gasteiger partial charge in [0.25, 0.3) is 0 Å². The van der Waals surface area contributed by atoms with Gasteiger partial charge < -0.3 is 0 Å². The first kappa shape index (κ1) is 19.1. The van der Waals surface area contributed by atoms with Gasteiger partial charge in [-0.25, -0.2) is 12.8 Å². The number of hydrogen-bond acceptors (Lipinski definition) is 3. The molecule has 0 N–H and O–H groups in total. The second kappa shape index (κ2) is 6.80. The van der Waals surface area contributed by atoms with Crippen molar-refractivity contribution in [2.24, 2.45) is 0 Å². The molecule has 4 nitrogen and oxygen atoms in total. The van der Waals surface area contributed by atoms with E-state index in [1.54, 1.807) is 6.07 Å². The van der Waals surface area contributed by atoms with Gasteiger partial charge in [-0.3, -0.25) is 4.68 Å². The fourth-order valence-electron chi connectivity index (χ4n) is 2.57. The SMILES string of the molecule is CS(=O)(=O)c1ccc(-c2cc(C(F)(F)F)nn2Cc2ccccc2F)cc1. The van der Waals surface area contributed by atoms with E-state index in [9.17, 15) is 26.0 Å². The van der Waals surface area contributed by atoms with Crippen molar-refractivity contribution in [3.63, 3.8) is 0 Å². The van der Waals surface area contributed by atoms with Gasteiger partial charge in [-0.15, -0.1) is 0 Å². The molecule has 142 valence electrons. The van der Waals surface area contributed by atoms with Crippen molar-refractivity contribution in [3.05, 3.63) is 71.7 Å². The summed E-state index contributed by atoms with van der Waals surface area (Å²) < 4.78 is 77.4. The molecule has 0 amide bonds. The summed E-state index contributed by atoms with van der Waals surface area (Å²) in [5.74, 6) is -0.556. The molecule has 0 unspecified atom stereocenters. The van der Waals surface area contributed by atoms with E-state index in [-0.39, 0.29) is 22.7 Å². The number of aromatic nitrogens is 2. The maximum Gasteiger partial charge on any atom is 0.435 e. The Morgan fingerprint density at radius 1 is 1.04 bits per heavy atom. The lowest BCUT2D eigenvalue weighted by Gasteiger charge is -2.09. The summed E-state index contributed by atoms with van der Waals surface area (Å²) in [7, 11) is -3.44. The van der Waals surface area contributed by atoms with Crippen LogP contribution in [0.15, 0.2) is 59.5 Å². The van der Waals surface area contributed by atoms with Crippen LogP contribution in [0.4, 0.5) is 17.6 Å². The summed E-state index contributed by atoms with van der Waals surface area (Å²) >= 11 is 0. The van der Waals surface area contributed by atoms with Gasteiger partial charge in [0.05, 0.1) is 17.1 Å². The van der Waals surface area contributed by atoms with E-state index in [0.29, 0.717) is 5.56 Å². The van der Waals surface area contributed by atoms with Crippen molar-refractivity contribution in [2.75, 3.05) is 6.26 Å². The second-order valence-electron chi connectivity index (χ2n) is 5.96. The van der Waals surface area contributed by atoms with Crippen molar-refractivity contribution >= 4 is 9.84 Å². The van der Waals surface area contributed by atoms with E-state index >= 15 is 0 Å². The van der Waals surface area contributed by atoms with Crippen LogP contribution < -0.4 is 0 Å². The first-order valence-corrected chi connectivity index (χ1v) is 9.64. The maximum absolute atomic E-state index is 13.9. The lowest BCUT2D eigenvalue weighted by molar-refractivity contribution is -0.141. The third-order valence-electron chi connectivity index (χ3n) is 3.93. The van der Waals surface area contributed by atoms with E-state index in [1.807, 2.05) is 0 Å². The first-order valence-electron chi connectivity index (χ1n) is 7.74. The van der Waals surface area contributed by atoms with Crippen LogP contribution in [-0.2, 0) is 22.6 Å². The fraction of sp³-hybridized carbons (Fsp3) is 0.167. The highest BCUT2D eigenvalue weighted by Gasteiger charge is 2.35. The number of hydrogen-bond donors (Lipinski definition) is 0. The number of halogens is 4. The van der Waals surface area contributed by atoms with Crippen LogP contribution in [-0.4, -0.2) is 24.5 Å². The molecule has 1 heterocycles. The van der Waals surface area contributed by atoms with Crippen molar-refractivity contribution in [3.8, 4) is 11.3 Å². The molecule has 0 aliphatic carbocycles. The van der Waals surface area contributed by atoms with Gasteiger partial charge in [-0.05, 0) is 29.8 Å². The second-order valence-corrected chi connectivity index (χ2v) is 7.97. The lowest BCUT2D eigenvalue weighted by atomic mass is 10.1. The topological polar surface area (TPSA) is 52.0 Å². The van der Waals surface area contributed by atoms with Crippen LogP contribution >= 0.6 is 0 Å². The van der Waals surface area contributed by atoms with E-state index in [1.165, 1.54) is 42.5 Å². The molecule has 0 saturated heterocycles. The molecular weight excluding hydrogens is 384 g/mol. The summed E-state index contributed by atoms with van der Waals surface area (Å²) in [6, 6.07) is 12.0. The Labute approximate surface area is 153 Å². The zero-order valence-corrected chi connectivity index (χ0v) is 14.9. The van der Waals surface area contributed by atoms with Crippen LogP contribution in [0.2, 0.25) is 0 Å². The van der Waals surface area contributed by atoms with Gasteiger partial charge >= 0.3 is 6.18 Å².